The topological polar surface area (TPSA) is 211 Å². The third kappa shape index (κ3) is 14.6. The molecular weight excluding hydrogens is 644 g/mol. The number of nitrogens with zero attached hydrogens (tertiary/aromatic N) is 1. The largest absolute Gasteiger partial charge is 0.481 e. The molecule has 0 aliphatic carbocycles. The van der Waals surface area contributed by atoms with Crippen LogP contribution in [0.2, 0.25) is 0 Å². The van der Waals surface area contributed by atoms with Gasteiger partial charge in [-0.15, -0.1) is 0 Å². The van der Waals surface area contributed by atoms with Crippen LogP contribution in [0.4, 0.5) is 0 Å². The molecule has 0 fully saturated rings. The molecule has 0 aliphatic rings. The van der Waals surface area contributed by atoms with Crippen LogP contribution in [0.25, 0.3) is 0 Å². The van der Waals surface area contributed by atoms with Crippen molar-refractivity contribution in [1.82, 2.24) is 5.32 Å². The van der Waals surface area contributed by atoms with Crippen molar-refractivity contribution in [3.8, 4) is 17.6 Å². The van der Waals surface area contributed by atoms with E-state index in [1.54, 1.807) is 48.5 Å². The van der Waals surface area contributed by atoms with Gasteiger partial charge in [0.2, 0.25) is 5.91 Å². The minimum Gasteiger partial charge on any atom is -0.481 e. The normalized spacial score (nSPS) is 13.5. The maximum Gasteiger partial charge on any atom is 0.337 e. The summed E-state index contributed by atoms with van der Waals surface area (Å²) in [6.07, 6.45) is 11.0. The van der Waals surface area contributed by atoms with Crippen LogP contribution in [0.1, 0.15) is 102 Å². The molecule has 0 radical (unpaired) electrons. The number of hydrogen-bond donors (Lipinski definition) is 5. The molecule has 0 bridgehead atoms. The Kier molecular flexibility index (Phi) is 18.0. The molecule has 0 heterocycles. The predicted octanol–water partition coefficient (Wildman–Crippen LogP) is 6.20. The number of carboxylic acid groups (broad SMARTS) is 3. The van der Waals surface area contributed by atoms with Crippen molar-refractivity contribution in [2.75, 3.05) is 0 Å². The number of unbranched alkanes of at least 4 members (excludes halogenated alkanes) is 8. The third-order valence-electron chi connectivity index (χ3n) is 8.25. The smallest absolute Gasteiger partial charge is 0.337 e. The first-order valence-corrected chi connectivity index (χ1v) is 17.1. The maximum absolute atomic E-state index is 13.4. The summed E-state index contributed by atoms with van der Waals surface area (Å²) >= 11 is 0. The second-order valence-corrected chi connectivity index (χ2v) is 12.3. The van der Waals surface area contributed by atoms with Gasteiger partial charge < -0.3 is 30.5 Å². The van der Waals surface area contributed by atoms with E-state index in [0.717, 1.165) is 51.0 Å². The van der Waals surface area contributed by atoms with Gasteiger partial charge in [0, 0.05) is 19.3 Å². The van der Waals surface area contributed by atoms with Crippen molar-refractivity contribution in [3.05, 3.63) is 71.8 Å². The zero-order valence-electron chi connectivity index (χ0n) is 28.5. The van der Waals surface area contributed by atoms with E-state index in [4.69, 9.17) is 10.00 Å². The number of ketones is 1. The number of allylic oxidation sites excluding steroid dienone is 1. The summed E-state index contributed by atoms with van der Waals surface area (Å²) in [5.74, 6) is -6.92. The van der Waals surface area contributed by atoms with E-state index in [9.17, 15) is 44.4 Å². The summed E-state index contributed by atoms with van der Waals surface area (Å²) in [5, 5.41) is 51.1. The van der Waals surface area contributed by atoms with Crippen LogP contribution in [0, 0.1) is 17.2 Å². The Labute approximate surface area is 292 Å². The van der Waals surface area contributed by atoms with Crippen molar-refractivity contribution in [2.45, 2.75) is 108 Å². The highest BCUT2D eigenvalue weighted by atomic mass is 16.5. The number of ether oxygens (including phenoxy) is 1. The van der Waals surface area contributed by atoms with Crippen molar-refractivity contribution in [1.29, 1.82) is 5.26 Å². The minimum atomic E-state index is -3.04. The van der Waals surface area contributed by atoms with Gasteiger partial charge in [0.15, 0.2) is 5.60 Å². The van der Waals surface area contributed by atoms with Gasteiger partial charge in [-0.3, -0.25) is 14.4 Å². The number of carbonyl (C=O) groups excluding carboxylic acids is 2. The molecule has 12 heteroatoms. The average Bonchev–Trinajstić information content (AvgIpc) is 3.07. The second kappa shape index (κ2) is 21.8. The van der Waals surface area contributed by atoms with Crippen LogP contribution < -0.4 is 10.1 Å². The number of carbonyl (C=O) groups is 5. The molecule has 270 valence electrons. The standard InChI is InChI=1S/C38H48N2O10/c1-2-3-4-7-10-13-29(41)14-11-8-5-6-9-12-15-32(38(49,37(47)48)25-34(42)43)35(44)40-33(36(45)46)24-27-16-20-30(21-17-27)50-31-22-18-28(26-39)19-23-31/h12,15-23,32-33,49H,2-11,13-14,24-25H2,1H3,(H,40,44)(H,42,43)(H,45,46)(H,47,48)/b15-12+. The second-order valence-electron chi connectivity index (χ2n) is 12.3. The first-order valence-electron chi connectivity index (χ1n) is 17.1. The highest BCUT2D eigenvalue weighted by molar-refractivity contribution is 5.94. The summed E-state index contributed by atoms with van der Waals surface area (Å²) in [4.78, 5) is 61.1. The van der Waals surface area contributed by atoms with E-state index < -0.39 is 47.8 Å². The molecule has 0 aliphatic heterocycles. The van der Waals surface area contributed by atoms with Crippen molar-refractivity contribution >= 4 is 29.6 Å². The summed E-state index contributed by atoms with van der Waals surface area (Å²) < 4.78 is 5.73. The molecule has 50 heavy (non-hydrogen) atoms. The van der Waals surface area contributed by atoms with Gasteiger partial charge in [-0.05, 0) is 67.6 Å². The number of rotatable bonds is 25. The number of benzene rings is 2. The van der Waals surface area contributed by atoms with Crippen molar-refractivity contribution in [3.63, 3.8) is 0 Å². The molecule has 1 amide bonds. The number of nitrogens with one attached hydrogen (secondary N) is 1. The van der Waals surface area contributed by atoms with Gasteiger partial charge in [-0.25, -0.2) is 9.59 Å². The number of aliphatic carboxylic acids is 3. The number of nitriles is 1. The van der Waals surface area contributed by atoms with Gasteiger partial charge >= 0.3 is 17.9 Å². The lowest BCUT2D eigenvalue weighted by Crippen LogP contribution is -2.55. The molecule has 12 nitrogen and oxygen atoms in total. The Balaban J connectivity index is 2.01. The Morgan fingerprint density at radius 3 is 1.92 bits per heavy atom. The Hall–Kier alpha value is -5.02. The summed E-state index contributed by atoms with van der Waals surface area (Å²) in [6, 6.07) is 13.3. The lowest BCUT2D eigenvalue weighted by Gasteiger charge is -2.29. The molecule has 2 rings (SSSR count). The number of Topliss-reactive ketones (excluding diaryl/α,β-unsaturated/α-hetero) is 1. The van der Waals surface area contributed by atoms with Gasteiger partial charge in [-0.2, -0.15) is 5.26 Å². The lowest BCUT2D eigenvalue weighted by atomic mass is 9.82. The molecule has 0 saturated heterocycles. The van der Waals surface area contributed by atoms with E-state index in [1.165, 1.54) is 12.5 Å². The van der Waals surface area contributed by atoms with Crippen LogP contribution in [0.3, 0.4) is 0 Å². The SMILES string of the molecule is CCCCCCCC(=O)CCCCCC/C=C/C(C(=O)NC(Cc1ccc(Oc2ccc(C#N)cc2)cc1)C(=O)O)C(O)(CC(=O)O)C(=O)O. The molecule has 2 aromatic carbocycles. The first-order chi connectivity index (χ1) is 23.9. The van der Waals surface area contributed by atoms with Gasteiger partial charge in [0.25, 0.3) is 0 Å². The zero-order chi connectivity index (χ0) is 36.9. The Morgan fingerprint density at radius 2 is 1.40 bits per heavy atom. The third-order valence-corrected chi connectivity index (χ3v) is 8.25. The average molecular weight is 693 g/mol. The quantitative estimate of drug-likeness (QED) is 0.0584. The zero-order valence-corrected chi connectivity index (χ0v) is 28.5. The van der Waals surface area contributed by atoms with E-state index in [2.05, 4.69) is 12.2 Å². The highest BCUT2D eigenvalue weighted by Crippen LogP contribution is 2.26. The fourth-order valence-corrected chi connectivity index (χ4v) is 5.36. The Morgan fingerprint density at radius 1 is 0.840 bits per heavy atom. The van der Waals surface area contributed by atoms with Crippen LogP contribution in [-0.2, 0) is 30.4 Å². The number of amides is 1. The molecule has 2 aromatic rings. The maximum atomic E-state index is 13.4. The van der Waals surface area contributed by atoms with Crippen LogP contribution >= 0.6 is 0 Å². The first kappa shape index (κ1) is 41.2. The predicted molar refractivity (Wildman–Crippen MR) is 184 cm³/mol. The van der Waals surface area contributed by atoms with E-state index >= 15 is 0 Å². The molecule has 0 aromatic heterocycles. The lowest BCUT2D eigenvalue weighted by molar-refractivity contribution is -0.172. The minimum absolute atomic E-state index is 0.208. The van der Waals surface area contributed by atoms with Gasteiger partial charge in [-0.1, -0.05) is 69.7 Å². The van der Waals surface area contributed by atoms with Crippen LogP contribution in [0.15, 0.2) is 60.7 Å². The highest BCUT2D eigenvalue weighted by Gasteiger charge is 2.49. The number of hydrogen-bond acceptors (Lipinski definition) is 8. The van der Waals surface area contributed by atoms with E-state index in [-0.39, 0.29) is 12.2 Å². The summed E-state index contributed by atoms with van der Waals surface area (Å²) in [7, 11) is 0. The van der Waals surface area contributed by atoms with Crippen LogP contribution in [0.5, 0.6) is 11.5 Å². The van der Waals surface area contributed by atoms with E-state index in [1.807, 2.05) is 6.07 Å². The molecule has 3 atom stereocenters. The number of carboxylic acids is 3. The fraction of sp³-hybridized carbons (Fsp3) is 0.474. The van der Waals surface area contributed by atoms with Crippen molar-refractivity contribution < 1.29 is 49.1 Å². The van der Waals surface area contributed by atoms with Crippen LogP contribution in [-0.4, -0.2) is 61.7 Å². The monoisotopic (exact) mass is 692 g/mol. The molecule has 0 saturated carbocycles. The van der Waals surface area contributed by atoms with E-state index in [0.29, 0.717) is 48.3 Å². The van der Waals surface area contributed by atoms with Crippen molar-refractivity contribution in [2.24, 2.45) is 5.92 Å². The number of aliphatic hydroxyl groups is 1. The van der Waals surface area contributed by atoms with Gasteiger partial charge in [0.05, 0.1) is 24.0 Å². The summed E-state index contributed by atoms with van der Waals surface area (Å²) in [5.41, 5.74) is -2.09. The molecule has 0 spiro atoms. The molecular formula is C38H48N2O10. The fourth-order valence-electron chi connectivity index (χ4n) is 5.36. The van der Waals surface area contributed by atoms with Gasteiger partial charge in [0.1, 0.15) is 23.3 Å². The Bertz CT molecular complexity index is 1480. The molecule has 5 N–H and O–H groups in total. The summed E-state index contributed by atoms with van der Waals surface area (Å²) in [6.45, 7) is 2.14. The molecule has 3 unspecified atom stereocenters.